The molecule has 4 rings (SSSR count). The number of fused-ring (bicyclic) bond motifs is 1. The van der Waals surface area contributed by atoms with E-state index in [0.29, 0.717) is 24.6 Å². The molecular formula is C29H32ClN3O2. The van der Waals surface area contributed by atoms with Crippen LogP contribution in [-0.4, -0.2) is 28.6 Å². The zero-order valence-electron chi connectivity index (χ0n) is 20.2. The van der Waals surface area contributed by atoms with Crippen molar-refractivity contribution < 1.29 is 9.53 Å². The molecule has 35 heavy (non-hydrogen) atoms. The molecular weight excluding hydrogens is 458 g/mol. The van der Waals surface area contributed by atoms with Gasteiger partial charge in [0.1, 0.15) is 18.2 Å². The predicted octanol–water partition coefficient (Wildman–Crippen LogP) is 6.15. The van der Waals surface area contributed by atoms with Crippen molar-refractivity contribution in [3.05, 3.63) is 94.8 Å². The molecule has 182 valence electrons. The van der Waals surface area contributed by atoms with Crippen LogP contribution in [0.15, 0.2) is 72.8 Å². The van der Waals surface area contributed by atoms with Crippen LogP contribution >= 0.6 is 11.6 Å². The zero-order valence-corrected chi connectivity index (χ0v) is 20.9. The summed E-state index contributed by atoms with van der Waals surface area (Å²) in [6, 6.07) is 23.8. The second-order valence-corrected chi connectivity index (χ2v) is 9.23. The lowest BCUT2D eigenvalue weighted by atomic mass is 10.1. The Balaban J connectivity index is 1.23. The number of hydrogen-bond acceptors (Lipinski definition) is 3. The highest BCUT2D eigenvalue weighted by Crippen LogP contribution is 2.19. The van der Waals surface area contributed by atoms with Gasteiger partial charge in [-0.15, -0.1) is 0 Å². The highest BCUT2D eigenvalue weighted by molar-refractivity contribution is 6.30. The van der Waals surface area contributed by atoms with Crippen molar-refractivity contribution >= 4 is 28.5 Å². The first-order valence-electron chi connectivity index (χ1n) is 12.2. The number of imidazole rings is 1. The molecule has 0 unspecified atom stereocenters. The van der Waals surface area contributed by atoms with Gasteiger partial charge in [-0.05, 0) is 61.7 Å². The van der Waals surface area contributed by atoms with E-state index in [0.717, 1.165) is 60.4 Å². The lowest BCUT2D eigenvalue weighted by Gasteiger charge is -2.11. The van der Waals surface area contributed by atoms with Gasteiger partial charge in [-0.1, -0.05) is 60.0 Å². The van der Waals surface area contributed by atoms with Crippen LogP contribution in [0.5, 0.6) is 5.75 Å². The van der Waals surface area contributed by atoms with E-state index in [2.05, 4.69) is 47.1 Å². The first kappa shape index (κ1) is 24.8. The highest BCUT2D eigenvalue weighted by atomic mass is 35.5. The van der Waals surface area contributed by atoms with Crippen molar-refractivity contribution in [2.24, 2.45) is 0 Å². The van der Waals surface area contributed by atoms with Crippen LogP contribution in [0.4, 0.5) is 0 Å². The van der Waals surface area contributed by atoms with E-state index in [9.17, 15) is 4.79 Å². The van der Waals surface area contributed by atoms with Crippen LogP contribution in [0.3, 0.4) is 0 Å². The highest BCUT2D eigenvalue weighted by Gasteiger charge is 2.10. The molecule has 0 aliphatic rings. The smallest absolute Gasteiger partial charge is 0.224 e. The molecule has 0 aliphatic carbocycles. The minimum absolute atomic E-state index is 0.0442. The van der Waals surface area contributed by atoms with Crippen molar-refractivity contribution in [2.45, 2.75) is 45.6 Å². The molecule has 1 N–H and O–H groups in total. The summed E-state index contributed by atoms with van der Waals surface area (Å²) in [5, 5.41) is 3.70. The number of aryl methyl sites for hydroxylation is 2. The van der Waals surface area contributed by atoms with E-state index in [1.807, 2.05) is 42.5 Å². The van der Waals surface area contributed by atoms with Crippen molar-refractivity contribution in [3.63, 3.8) is 0 Å². The molecule has 0 spiro atoms. The summed E-state index contributed by atoms with van der Waals surface area (Å²) in [6.45, 7) is 4.11. The molecule has 0 saturated heterocycles. The van der Waals surface area contributed by atoms with Crippen molar-refractivity contribution in [1.82, 2.24) is 14.9 Å². The van der Waals surface area contributed by atoms with Gasteiger partial charge in [-0.2, -0.15) is 0 Å². The van der Waals surface area contributed by atoms with Crippen LogP contribution in [0.1, 0.15) is 36.2 Å². The quantitative estimate of drug-likeness (QED) is 0.243. The number of hydrogen-bond donors (Lipinski definition) is 1. The first-order chi connectivity index (χ1) is 17.1. The molecule has 0 saturated carbocycles. The van der Waals surface area contributed by atoms with Crippen molar-refractivity contribution in [1.29, 1.82) is 0 Å². The van der Waals surface area contributed by atoms with Gasteiger partial charge in [-0.3, -0.25) is 4.79 Å². The van der Waals surface area contributed by atoms with E-state index < -0.39 is 0 Å². The van der Waals surface area contributed by atoms with Crippen LogP contribution in [0, 0.1) is 6.92 Å². The number of amides is 1. The number of ether oxygens (including phenoxy) is 1. The van der Waals surface area contributed by atoms with E-state index in [4.69, 9.17) is 21.3 Å². The van der Waals surface area contributed by atoms with Gasteiger partial charge in [0.2, 0.25) is 5.91 Å². The lowest BCUT2D eigenvalue weighted by Crippen LogP contribution is -2.26. The van der Waals surface area contributed by atoms with E-state index >= 15 is 0 Å². The molecule has 0 radical (unpaired) electrons. The fourth-order valence-electron chi connectivity index (χ4n) is 4.12. The molecule has 4 aromatic rings. The minimum atomic E-state index is 0.0442. The summed E-state index contributed by atoms with van der Waals surface area (Å²) in [4.78, 5) is 17.0. The average molecular weight is 490 g/mol. The number of unbranched alkanes of at least 4 members (excludes halogenated alkanes) is 2. The largest absolute Gasteiger partial charge is 0.492 e. The Bertz CT molecular complexity index is 1230. The maximum atomic E-state index is 12.1. The average Bonchev–Trinajstić information content (AvgIpc) is 3.21. The number of carbonyl (C=O) groups excluding carboxylic acids is 1. The van der Waals surface area contributed by atoms with Gasteiger partial charge < -0.3 is 14.6 Å². The maximum absolute atomic E-state index is 12.1. The molecule has 0 aliphatic heterocycles. The predicted molar refractivity (Wildman–Crippen MR) is 142 cm³/mol. The maximum Gasteiger partial charge on any atom is 0.224 e. The number of nitrogens with zero attached hydrogens (tertiary/aromatic N) is 2. The molecule has 1 aromatic heterocycles. The van der Waals surface area contributed by atoms with E-state index in [1.165, 1.54) is 5.56 Å². The monoisotopic (exact) mass is 489 g/mol. The van der Waals surface area contributed by atoms with Crippen LogP contribution in [-0.2, 0) is 24.2 Å². The Kier molecular flexibility index (Phi) is 8.79. The SMILES string of the molecule is Cc1ccc(OCCn2c(CCCCCNC(=O)Cc3ccc(Cl)cc3)nc3ccccc32)cc1. The third kappa shape index (κ3) is 7.33. The van der Waals surface area contributed by atoms with Crippen LogP contribution < -0.4 is 10.1 Å². The molecule has 1 amide bonds. The lowest BCUT2D eigenvalue weighted by molar-refractivity contribution is -0.120. The van der Waals surface area contributed by atoms with E-state index in [1.54, 1.807) is 0 Å². The summed E-state index contributed by atoms with van der Waals surface area (Å²) in [5.74, 6) is 2.02. The van der Waals surface area contributed by atoms with Gasteiger partial charge >= 0.3 is 0 Å². The Morgan fingerprint density at radius 2 is 1.74 bits per heavy atom. The summed E-state index contributed by atoms with van der Waals surface area (Å²) in [7, 11) is 0. The van der Waals surface area contributed by atoms with Crippen molar-refractivity contribution in [3.8, 4) is 5.75 Å². The van der Waals surface area contributed by atoms with Gasteiger partial charge in [-0.25, -0.2) is 4.98 Å². The topological polar surface area (TPSA) is 56.1 Å². The standard InChI is InChI=1S/C29H32ClN3O2/c1-22-10-16-25(17-11-22)35-20-19-33-27-8-5-4-7-26(27)32-28(33)9-3-2-6-18-31-29(34)21-23-12-14-24(30)15-13-23/h4-5,7-8,10-17H,2-3,6,9,18-21H2,1H3,(H,31,34). The number of para-hydroxylation sites is 2. The summed E-state index contributed by atoms with van der Waals surface area (Å²) in [5.41, 5.74) is 4.36. The third-order valence-corrected chi connectivity index (χ3v) is 6.27. The second kappa shape index (κ2) is 12.4. The fourth-order valence-corrected chi connectivity index (χ4v) is 4.24. The van der Waals surface area contributed by atoms with Crippen LogP contribution in [0.2, 0.25) is 5.02 Å². The first-order valence-corrected chi connectivity index (χ1v) is 12.6. The molecule has 0 atom stereocenters. The van der Waals surface area contributed by atoms with Gasteiger partial charge in [0.05, 0.1) is 24.0 Å². The van der Waals surface area contributed by atoms with Gasteiger partial charge in [0, 0.05) is 18.0 Å². The molecule has 5 nitrogen and oxygen atoms in total. The fraction of sp³-hybridized carbons (Fsp3) is 0.310. The molecule has 3 aromatic carbocycles. The number of carbonyl (C=O) groups is 1. The number of aromatic nitrogens is 2. The number of rotatable bonds is 12. The Morgan fingerprint density at radius 3 is 2.54 bits per heavy atom. The minimum Gasteiger partial charge on any atom is -0.492 e. The molecule has 6 heteroatoms. The molecule has 0 fully saturated rings. The Morgan fingerprint density at radius 1 is 0.971 bits per heavy atom. The molecule has 0 bridgehead atoms. The Hall–Kier alpha value is -3.31. The number of halogens is 1. The number of nitrogens with one attached hydrogen (secondary N) is 1. The second-order valence-electron chi connectivity index (χ2n) is 8.79. The summed E-state index contributed by atoms with van der Waals surface area (Å²) in [6.07, 6.45) is 4.28. The third-order valence-electron chi connectivity index (χ3n) is 6.02. The summed E-state index contributed by atoms with van der Waals surface area (Å²) < 4.78 is 8.25. The van der Waals surface area contributed by atoms with Gasteiger partial charge in [0.25, 0.3) is 0 Å². The van der Waals surface area contributed by atoms with Crippen molar-refractivity contribution in [2.75, 3.05) is 13.2 Å². The molecule has 1 heterocycles. The number of benzene rings is 3. The van der Waals surface area contributed by atoms with E-state index in [-0.39, 0.29) is 5.91 Å². The van der Waals surface area contributed by atoms with Crippen LogP contribution in [0.25, 0.3) is 11.0 Å². The Labute approximate surface area is 212 Å². The normalized spacial score (nSPS) is 11.0. The summed E-state index contributed by atoms with van der Waals surface area (Å²) >= 11 is 5.90. The zero-order chi connectivity index (χ0) is 24.5. The van der Waals surface area contributed by atoms with Gasteiger partial charge in [0.15, 0.2) is 0 Å².